The maximum Gasteiger partial charge on any atom is 0.257 e. The molecule has 1 N–H and O–H groups in total. The first-order chi connectivity index (χ1) is 16.3. The zero-order valence-electron chi connectivity index (χ0n) is 20.7. The van der Waals surface area contributed by atoms with Crippen LogP contribution in [0, 0.1) is 5.92 Å². The van der Waals surface area contributed by atoms with Gasteiger partial charge in [-0.1, -0.05) is 13.8 Å². The second kappa shape index (κ2) is 11.9. The lowest BCUT2D eigenvalue weighted by atomic mass is 10.0. The topological polar surface area (TPSA) is 96.9 Å². The van der Waals surface area contributed by atoms with Crippen molar-refractivity contribution >= 4 is 17.5 Å². The number of methoxy groups -OCH3 is 1. The molecular formula is C25H35N5O4. The molecule has 0 bridgehead atoms. The monoisotopic (exact) mass is 469 g/mol. The molecule has 0 spiro atoms. The summed E-state index contributed by atoms with van der Waals surface area (Å²) in [6.07, 6.45) is 5.37. The van der Waals surface area contributed by atoms with Crippen LogP contribution >= 0.6 is 0 Å². The van der Waals surface area contributed by atoms with E-state index >= 15 is 0 Å². The van der Waals surface area contributed by atoms with E-state index in [1.807, 2.05) is 12.4 Å². The molecule has 34 heavy (non-hydrogen) atoms. The molecule has 0 saturated carbocycles. The Hall–Kier alpha value is -3.04. The van der Waals surface area contributed by atoms with Crippen molar-refractivity contribution in [3.05, 3.63) is 48.0 Å². The van der Waals surface area contributed by atoms with Gasteiger partial charge in [-0.2, -0.15) is 0 Å². The number of amides is 2. The summed E-state index contributed by atoms with van der Waals surface area (Å²) < 4.78 is 12.0. The minimum absolute atomic E-state index is 0.0553. The highest BCUT2D eigenvalue weighted by Crippen LogP contribution is 2.27. The number of anilines is 1. The average molecular weight is 470 g/mol. The predicted octanol–water partition coefficient (Wildman–Crippen LogP) is 2.83. The number of nitrogens with one attached hydrogen (secondary N) is 1. The first kappa shape index (κ1) is 25.6. The normalized spacial score (nSPS) is 22.2. The minimum Gasteiger partial charge on any atom is -0.491 e. The van der Waals surface area contributed by atoms with Crippen LogP contribution in [0.15, 0.2) is 36.9 Å². The van der Waals surface area contributed by atoms with E-state index in [1.54, 1.807) is 44.2 Å². The Kier molecular flexibility index (Phi) is 8.95. The van der Waals surface area contributed by atoms with Gasteiger partial charge in [-0.15, -0.1) is 0 Å². The summed E-state index contributed by atoms with van der Waals surface area (Å²) in [5.41, 5.74) is 2.00. The Labute approximate surface area is 201 Å². The Morgan fingerprint density at radius 1 is 1.24 bits per heavy atom. The second-order valence-corrected chi connectivity index (χ2v) is 8.89. The number of carbonyl (C=O) groups is 2. The van der Waals surface area contributed by atoms with E-state index in [4.69, 9.17) is 9.47 Å². The first-order valence-corrected chi connectivity index (χ1v) is 11.6. The molecule has 184 valence electrons. The van der Waals surface area contributed by atoms with Gasteiger partial charge in [0.05, 0.1) is 11.7 Å². The van der Waals surface area contributed by atoms with Crippen LogP contribution in [0.25, 0.3) is 0 Å². The fourth-order valence-corrected chi connectivity index (χ4v) is 4.05. The number of hydrogen-bond acceptors (Lipinski definition) is 7. The molecule has 1 aromatic heterocycles. The molecule has 9 nitrogen and oxygen atoms in total. The number of likely N-dealkylation sites (N-methyl/N-ethyl adjacent to an activating group) is 1. The van der Waals surface area contributed by atoms with E-state index in [1.165, 1.54) is 6.33 Å². The van der Waals surface area contributed by atoms with E-state index in [2.05, 4.69) is 34.0 Å². The number of hydrogen-bond donors (Lipinski definition) is 1. The zero-order chi connectivity index (χ0) is 24.7. The van der Waals surface area contributed by atoms with E-state index in [0.717, 1.165) is 12.1 Å². The lowest BCUT2D eigenvalue weighted by Gasteiger charge is -2.36. The Balaban J connectivity index is 1.93. The molecule has 1 aromatic carbocycles. The fourth-order valence-electron chi connectivity index (χ4n) is 4.05. The van der Waals surface area contributed by atoms with Gasteiger partial charge in [-0.05, 0) is 31.0 Å². The SMILES string of the molecule is CCC(=O)Nc1ccc2c(c1)C(=O)N(C)C[C@H](OC)[C@H](C)CN(Cc1cncnc1)[C@H](C)CO2. The van der Waals surface area contributed by atoms with Crippen LogP contribution in [0.5, 0.6) is 5.75 Å². The van der Waals surface area contributed by atoms with Crippen molar-refractivity contribution in [3.63, 3.8) is 0 Å². The third kappa shape index (κ3) is 6.51. The van der Waals surface area contributed by atoms with Gasteiger partial charge in [-0.25, -0.2) is 9.97 Å². The van der Waals surface area contributed by atoms with Crippen molar-refractivity contribution in [1.82, 2.24) is 19.8 Å². The Morgan fingerprint density at radius 2 is 1.97 bits per heavy atom. The number of nitrogens with zero attached hydrogens (tertiary/aromatic N) is 4. The van der Waals surface area contributed by atoms with E-state index in [-0.39, 0.29) is 29.9 Å². The van der Waals surface area contributed by atoms with Gasteiger partial charge in [0.1, 0.15) is 18.7 Å². The highest BCUT2D eigenvalue weighted by molar-refractivity contribution is 5.99. The van der Waals surface area contributed by atoms with Crippen molar-refractivity contribution in [2.75, 3.05) is 39.2 Å². The van der Waals surface area contributed by atoms with Gasteiger partial charge in [0.25, 0.3) is 5.91 Å². The zero-order valence-corrected chi connectivity index (χ0v) is 20.7. The highest BCUT2D eigenvalue weighted by Gasteiger charge is 2.28. The van der Waals surface area contributed by atoms with Gasteiger partial charge in [0, 0.05) is 69.9 Å². The molecular weight excluding hydrogens is 434 g/mol. The number of ether oxygens (including phenoxy) is 2. The summed E-state index contributed by atoms with van der Waals surface area (Å²) in [7, 11) is 3.44. The molecule has 2 heterocycles. The number of rotatable bonds is 5. The molecule has 9 heteroatoms. The highest BCUT2D eigenvalue weighted by atomic mass is 16.5. The van der Waals surface area contributed by atoms with Crippen LogP contribution in [-0.4, -0.2) is 77.6 Å². The number of fused-ring (bicyclic) bond motifs is 1. The van der Waals surface area contributed by atoms with Gasteiger partial charge in [0.2, 0.25) is 5.91 Å². The molecule has 2 amide bonds. The Morgan fingerprint density at radius 3 is 2.65 bits per heavy atom. The van der Waals surface area contributed by atoms with E-state index in [0.29, 0.717) is 43.1 Å². The summed E-state index contributed by atoms with van der Waals surface area (Å²) in [4.78, 5) is 37.5. The second-order valence-electron chi connectivity index (χ2n) is 8.89. The van der Waals surface area contributed by atoms with Crippen LogP contribution in [0.3, 0.4) is 0 Å². The summed E-state index contributed by atoms with van der Waals surface area (Å²) in [5.74, 6) is 0.353. The summed E-state index contributed by atoms with van der Waals surface area (Å²) in [6.45, 7) is 8.28. The van der Waals surface area contributed by atoms with Crippen LogP contribution in [0.4, 0.5) is 5.69 Å². The standard InChI is InChI=1S/C25H35N5O4/c1-6-24(31)28-20-7-8-22-21(9-20)25(32)29(4)14-23(33-5)17(2)12-30(18(3)15-34-22)13-19-10-26-16-27-11-19/h7-11,16-18,23H,6,12-15H2,1-5H3,(H,28,31)/t17-,18-,23+/m1/s1. The van der Waals surface area contributed by atoms with E-state index in [9.17, 15) is 9.59 Å². The maximum atomic E-state index is 13.4. The maximum absolute atomic E-state index is 13.4. The Bertz CT molecular complexity index is 971. The summed E-state index contributed by atoms with van der Waals surface area (Å²) in [6, 6.07) is 5.24. The molecule has 0 unspecified atom stereocenters. The number of carbonyl (C=O) groups excluding carboxylic acids is 2. The first-order valence-electron chi connectivity index (χ1n) is 11.6. The van der Waals surface area contributed by atoms with Crippen LogP contribution in [0.2, 0.25) is 0 Å². The lowest BCUT2D eigenvalue weighted by Crippen LogP contribution is -2.46. The van der Waals surface area contributed by atoms with Crippen molar-refractivity contribution in [2.45, 2.75) is 45.9 Å². The van der Waals surface area contributed by atoms with Gasteiger partial charge >= 0.3 is 0 Å². The lowest BCUT2D eigenvalue weighted by molar-refractivity contribution is -0.115. The molecule has 0 radical (unpaired) electrons. The van der Waals surface area contributed by atoms with Crippen LogP contribution in [0.1, 0.15) is 43.1 Å². The number of benzene rings is 1. The van der Waals surface area contributed by atoms with E-state index < -0.39 is 0 Å². The van der Waals surface area contributed by atoms with Crippen LogP contribution < -0.4 is 10.1 Å². The smallest absolute Gasteiger partial charge is 0.257 e. The van der Waals surface area contributed by atoms with Crippen LogP contribution in [-0.2, 0) is 16.1 Å². The quantitative estimate of drug-likeness (QED) is 0.719. The van der Waals surface area contributed by atoms with Gasteiger partial charge in [-0.3, -0.25) is 14.5 Å². The van der Waals surface area contributed by atoms with Gasteiger partial charge < -0.3 is 19.7 Å². The molecule has 1 aliphatic rings. The molecule has 3 rings (SSSR count). The number of aromatic nitrogens is 2. The van der Waals surface area contributed by atoms with Crippen molar-refractivity contribution in [3.8, 4) is 5.75 Å². The summed E-state index contributed by atoms with van der Waals surface area (Å²) >= 11 is 0. The van der Waals surface area contributed by atoms with Crippen molar-refractivity contribution in [1.29, 1.82) is 0 Å². The largest absolute Gasteiger partial charge is 0.491 e. The third-order valence-electron chi connectivity index (χ3n) is 6.18. The fraction of sp³-hybridized carbons (Fsp3) is 0.520. The van der Waals surface area contributed by atoms with Crippen molar-refractivity contribution in [2.24, 2.45) is 5.92 Å². The van der Waals surface area contributed by atoms with Crippen molar-refractivity contribution < 1.29 is 19.1 Å². The molecule has 0 fully saturated rings. The minimum atomic E-state index is -0.177. The summed E-state index contributed by atoms with van der Waals surface area (Å²) in [5, 5.41) is 2.82. The molecule has 1 aliphatic heterocycles. The molecule has 0 aliphatic carbocycles. The average Bonchev–Trinajstić information content (AvgIpc) is 2.85. The molecule has 2 aromatic rings. The molecule has 0 saturated heterocycles. The van der Waals surface area contributed by atoms with Gasteiger partial charge in [0.15, 0.2) is 0 Å². The predicted molar refractivity (Wildman–Crippen MR) is 130 cm³/mol. The molecule has 3 atom stereocenters. The third-order valence-corrected chi connectivity index (χ3v) is 6.18.